The summed E-state index contributed by atoms with van der Waals surface area (Å²) in [6, 6.07) is 10.4. The van der Waals surface area contributed by atoms with E-state index in [9.17, 15) is 31.9 Å². The standard InChI is InChI=1S/C23H23F4N3O3/c24-19-6-2-3-15(10-19)11-20(31)28-7-8-29-22(33)17-12-21(32)30(14-17)13-16-4-1-5-18(9-16)23(25,26)27/h1-6,9-10,17H,7-8,11-14H2,(H,28,31)(H,29,33). The minimum absolute atomic E-state index is 0.00727. The van der Waals surface area contributed by atoms with Gasteiger partial charge in [0.25, 0.3) is 0 Å². The van der Waals surface area contributed by atoms with Gasteiger partial charge in [-0.25, -0.2) is 4.39 Å². The molecule has 1 aliphatic heterocycles. The molecule has 0 saturated carbocycles. The van der Waals surface area contributed by atoms with Crippen molar-refractivity contribution in [3.8, 4) is 0 Å². The molecule has 0 spiro atoms. The van der Waals surface area contributed by atoms with Crippen LogP contribution in [0.1, 0.15) is 23.1 Å². The van der Waals surface area contributed by atoms with Crippen molar-refractivity contribution in [1.29, 1.82) is 0 Å². The third-order valence-corrected chi connectivity index (χ3v) is 5.21. The number of rotatable bonds is 8. The van der Waals surface area contributed by atoms with Gasteiger partial charge in [0.1, 0.15) is 5.82 Å². The molecule has 1 aliphatic rings. The highest BCUT2D eigenvalue weighted by atomic mass is 19.4. The first-order chi connectivity index (χ1) is 15.6. The number of nitrogens with one attached hydrogen (secondary N) is 2. The summed E-state index contributed by atoms with van der Waals surface area (Å²) in [5.41, 5.74) is 0.0718. The van der Waals surface area contributed by atoms with E-state index in [0.717, 1.165) is 12.1 Å². The van der Waals surface area contributed by atoms with E-state index in [2.05, 4.69) is 10.6 Å². The smallest absolute Gasteiger partial charge is 0.354 e. The summed E-state index contributed by atoms with van der Waals surface area (Å²) in [5.74, 6) is -2.05. The molecule has 33 heavy (non-hydrogen) atoms. The van der Waals surface area contributed by atoms with E-state index in [1.54, 1.807) is 6.07 Å². The van der Waals surface area contributed by atoms with Gasteiger partial charge < -0.3 is 15.5 Å². The van der Waals surface area contributed by atoms with E-state index >= 15 is 0 Å². The first-order valence-corrected chi connectivity index (χ1v) is 10.3. The Balaban J connectivity index is 1.41. The molecule has 176 valence electrons. The third-order valence-electron chi connectivity index (χ3n) is 5.21. The third kappa shape index (κ3) is 7.03. The van der Waals surface area contributed by atoms with Crippen LogP contribution in [0.4, 0.5) is 17.6 Å². The lowest BCUT2D eigenvalue weighted by Crippen LogP contribution is -2.38. The van der Waals surface area contributed by atoms with Gasteiger partial charge in [0.05, 0.1) is 17.9 Å². The van der Waals surface area contributed by atoms with E-state index in [0.29, 0.717) is 11.1 Å². The van der Waals surface area contributed by atoms with Crippen LogP contribution in [0.15, 0.2) is 48.5 Å². The average Bonchev–Trinajstić information content (AvgIpc) is 3.11. The predicted molar refractivity (Wildman–Crippen MR) is 111 cm³/mol. The average molecular weight is 465 g/mol. The molecule has 1 heterocycles. The number of likely N-dealkylation sites (tertiary alicyclic amines) is 1. The number of hydrogen-bond acceptors (Lipinski definition) is 3. The fourth-order valence-electron chi connectivity index (χ4n) is 3.59. The first kappa shape index (κ1) is 24.2. The summed E-state index contributed by atoms with van der Waals surface area (Å²) >= 11 is 0. The highest BCUT2D eigenvalue weighted by Crippen LogP contribution is 2.30. The lowest BCUT2D eigenvalue weighted by Gasteiger charge is -2.17. The van der Waals surface area contributed by atoms with Crippen LogP contribution in [0.2, 0.25) is 0 Å². The van der Waals surface area contributed by atoms with Crippen molar-refractivity contribution < 1.29 is 31.9 Å². The highest BCUT2D eigenvalue weighted by molar-refractivity contribution is 5.89. The molecule has 2 aromatic rings. The van der Waals surface area contributed by atoms with Gasteiger partial charge in [0.2, 0.25) is 17.7 Å². The van der Waals surface area contributed by atoms with Crippen molar-refractivity contribution in [3.05, 3.63) is 71.0 Å². The van der Waals surface area contributed by atoms with Gasteiger partial charge in [-0.05, 0) is 35.4 Å². The zero-order valence-electron chi connectivity index (χ0n) is 17.6. The molecular weight excluding hydrogens is 442 g/mol. The highest BCUT2D eigenvalue weighted by Gasteiger charge is 2.35. The van der Waals surface area contributed by atoms with Gasteiger partial charge in [-0.1, -0.05) is 24.3 Å². The molecule has 1 saturated heterocycles. The molecule has 2 N–H and O–H groups in total. The molecule has 3 rings (SSSR count). The van der Waals surface area contributed by atoms with Gasteiger partial charge in [0.15, 0.2) is 0 Å². The number of hydrogen-bond donors (Lipinski definition) is 2. The Bertz CT molecular complexity index is 1030. The maximum Gasteiger partial charge on any atom is 0.416 e. The normalized spacial score (nSPS) is 16.1. The Morgan fingerprint density at radius 2 is 1.70 bits per heavy atom. The SMILES string of the molecule is O=C(Cc1cccc(F)c1)NCCNC(=O)C1CC(=O)N(Cc2cccc(C(F)(F)F)c2)C1. The second kappa shape index (κ2) is 10.5. The van der Waals surface area contributed by atoms with E-state index in [1.165, 1.54) is 35.2 Å². The number of nitrogens with zero attached hydrogens (tertiary/aromatic N) is 1. The Hall–Kier alpha value is -3.43. The van der Waals surface area contributed by atoms with Crippen LogP contribution < -0.4 is 10.6 Å². The Kier molecular flexibility index (Phi) is 7.67. The van der Waals surface area contributed by atoms with Crippen LogP contribution in [0.5, 0.6) is 0 Å². The summed E-state index contributed by atoms with van der Waals surface area (Å²) in [5, 5.41) is 5.26. The molecule has 0 bridgehead atoms. The molecule has 0 radical (unpaired) electrons. The number of carbonyl (C=O) groups is 3. The van der Waals surface area contributed by atoms with E-state index in [4.69, 9.17) is 0 Å². The summed E-state index contributed by atoms with van der Waals surface area (Å²) in [7, 11) is 0. The second-order valence-corrected chi connectivity index (χ2v) is 7.82. The molecule has 1 fully saturated rings. The molecule has 1 atom stereocenters. The van der Waals surface area contributed by atoms with Crippen molar-refractivity contribution in [2.45, 2.75) is 25.6 Å². The summed E-state index contributed by atoms with van der Waals surface area (Å²) < 4.78 is 51.8. The molecule has 6 nitrogen and oxygen atoms in total. The predicted octanol–water partition coefficient (Wildman–Crippen LogP) is 2.67. The molecule has 10 heteroatoms. The molecule has 2 aromatic carbocycles. The van der Waals surface area contributed by atoms with Gasteiger partial charge in [-0.3, -0.25) is 14.4 Å². The number of halogens is 4. The van der Waals surface area contributed by atoms with Gasteiger partial charge in [0, 0.05) is 32.6 Å². The largest absolute Gasteiger partial charge is 0.416 e. The van der Waals surface area contributed by atoms with E-state index in [1.807, 2.05) is 0 Å². The van der Waals surface area contributed by atoms with Crippen LogP contribution >= 0.6 is 0 Å². The van der Waals surface area contributed by atoms with Crippen molar-refractivity contribution in [2.24, 2.45) is 5.92 Å². The summed E-state index contributed by atoms with van der Waals surface area (Å²) in [6.07, 6.45) is -4.50. The molecule has 1 unspecified atom stereocenters. The Morgan fingerprint density at radius 1 is 1.00 bits per heavy atom. The van der Waals surface area contributed by atoms with Crippen molar-refractivity contribution in [1.82, 2.24) is 15.5 Å². The zero-order valence-corrected chi connectivity index (χ0v) is 17.6. The van der Waals surface area contributed by atoms with Crippen LogP contribution in [-0.4, -0.2) is 42.3 Å². The first-order valence-electron chi connectivity index (χ1n) is 10.3. The molecule has 0 aromatic heterocycles. The van der Waals surface area contributed by atoms with Gasteiger partial charge in [-0.15, -0.1) is 0 Å². The van der Waals surface area contributed by atoms with Gasteiger partial charge >= 0.3 is 6.18 Å². The maximum absolute atomic E-state index is 13.2. The number of benzene rings is 2. The zero-order chi connectivity index (χ0) is 24.0. The van der Waals surface area contributed by atoms with E-state index in [-0.39, 0.29) is 56.7 Å². The Labute approximate surface area is 188 Å². The van der Waals surface area contributed by atoms with Crippen LogP contribution in [0.3, 0.4) is 0 Å². The van der Waals surface area contributed by atoms with Crippen molar-refractivity contribution in [2.75, 3.05) is 19.6 Å². The van der Waals surface area contributed by atoms with Crippen LogP contribution in [-0.2, 0) is 33.5 Å². The maximum atomic E-state index is 13.2. The number of amides is 3. The molecular formula is C23H23F4N3O3. The number of alkyl halides is 3. The van der Waals surface area contributed by atoms with Crippen molar-refractivity contribution in [3.63, 3.8) is 0 Å². The molecule has 3 amide bonds. The minimum atomic E-state index is -4.47. The monoisotopic (exact) mass is 465 g/mol. The Morgan fingerprint density at radius 3 is 2.42 bits per heavy atom. The second-order valence-electron chi connectivity index (χ2n) is 7.82. The lowest BCUT2D eigenvalue weighted by atomic mass is 10.1. The summed E-state index contributed by atoms with van der Waals surface area (Å²) in [4.78, 5) is 37.9. The quantitative estimate of drug-likeness (QED) is 0.465. The van der Waals surface area contributed by atoms with E-state index < -0.39 is 23.5 Å². The lowest BCUT2D eigenvalue weighted by molar-refractivity contribution is -0.137. The minimum Gasteiger partial charge on any atom is -0.354 e. The fraction of sp³-hybridized carbons (Fsp3) is 0.348. The van der Waals surface area contributed by atoms with Gasteiger partial charge in [-0.2, -0.15) is 13.2 Å². The molecule has 0 aliphatic carbocycles. The number of carbonyl (C=O) groups excluding carboxylic acids is 3. The topological polar surface area (TPSA) is 78.5 Å². The van der Waals surface area contributed by atoms with Crippen LogP contribution in [0, 0.1) is 11.7 Å². The summed E-state index contributed by atoms with van der Waals surface area (Å²) in [6.45, 7) is 0.399. The fourth-order valence-corrected chi connectivity index (χ4v) is 3.59. The van der Waals surface area contributed by atoms with Crippen LogP contribution in [0.25, 0.3) is 0 Å². The van der Waals surface area contributed by atoms with Crippen molar-refractivity contribution >= 4 is 17.7 Å².